The molecule has 0 aromatic heterocycles. The molecule has 1 N–H and O–H groups in total. The lowest BCUT2D eigenvalue weighted by Gasteiger charge is -2.30. The number of hydrogen-bond acceptors (Lipinski definition) is 1. The molecule has 2 unspecified atom stereocenters. The smallest absolute Gasteiger partial charge is 0.381 e. The zero-order valence-corrected chi connectivity index (χ0v) is 9.51. The van der Waals surface area contributed by atoms with Crippen molar-refractivity contribution in [2.24, 2.45) is 0 Å². The fourth-order valence-corrected chi connectivity index (χ4v) is 1.51. The Labute approximate surface area is 109 Å². The zero-order chi connectivity index (χ0) is 16.7. The Morgan fingerprint density at radius 2 is 1.10 bits per heavy atom. The SMILES string of the molecule is OC(C(F)(F)F)C(F)(CF)c1c(F)c(F)c(F)c(F)c1F. The molecule has 0 aliphatic carbocycles. The number of rotatable bonds is 3. The summed E-state index contributed by atoms with van der Waals surface area (Å²) in [7, 11) is 0. The van der Waals surface area contributed by atoms with Crippen molar-refractivity contribution >= 4 is 0 Å². The quantitative estimate of drug-likeness (QED) is 0.511. The molecule has 1 rings (SSSR count). The summed E-state index contributed by atoms with van der Waals surface area (Å²) < 4.78 is 128. The van der Waals surface area contributed by atoms with Crippen LogP contribution in [0.2, 0.25) is 0 Å². The van der Waals surface area contributed by atoms with Crippen molar-refractivity contribution in [2.45, 2.75) is 17.9 Å². The van der Waals surface area contributed by atoms with E-state index in [1.54, 1.807) is 0 Å². The Hall–Kier alpha value is -1.52. The highest BCUT2D eigenvalue weighted by Gasteiger charge is 2.58. The van der Waals surface area contributed by atoms with Gasteiger partial charge in [0.2, 0.25) is 11.5 Å². The number of alkyl halides is 5. The van der Waals surface area contributed by atoms with Gasteiger partial charge in [0.05, 0.1) is 5.56 Å². The summed E-state index contributed by atoms with van der Waals surface area (Å²) >= 11 is 0. The average molecular weight is 330 g/mol. The molecule has 0 spiro atoms. The van der Waals surface area contributed by atoms with Crippen molar-refractivity contribution in [3.63, 3.8) is 0 Å². The molecule has 2 atom stereocenters. The van der Waals surface area contributed by atoms with Gasteiger partial charge in [0.1, 0.15) is 6.67 Å². The minimum Gasteiger partial charge on any atom is -0.381 e. The van der Waals surface area contributed by atoms with Gasteiger partial charge in [-0.15, -0.1) is 0 Å². The predicted octanol–water partition coefficient (Wildman–Crippen LogP) is 3.44. The van der Waals surface area contributed by atoms with Crippen LogP contribution in [0, 0.1) is 29.1 Å². The molecule has 1 aromatic carbocycles. The van der Waals surface area contributed by atoms with E-state index in [-0.39, 0.29) is 0 Å². The van der Waals surface area contributed by atoms with Crippen LogP contribution in [0.3, 0.4) is 0 Å². The monoisotopic (exact) mass is 330 g/mol. The third-order valence-electron chi connectivity index (χ3n) is 2.56. The van der Waals surface area contributed by atoms with Gasteiger partial charge in [-0.05, 0) is 0 Å². The second kappa shape index (κ2) is 5.35. The first kappa shape index (κ1) is 17.5. The first-order valence-corrected chi connectivity index (χ1v) is 4.91. The number of halogens is 10. The van der Waals surface area contributed by atoms with Gasteiger partial charge in [0, 0.05) is 0 Å². The normalized spacial score (nSPS) is 16.7. The fourth-order valence-electron chi connectivity index (χ4n) is 1.51. The van der Waals surface area contributed by atoms with Gasteiger partial charge >= 0.3 is 6.18 Å². The topological polar surface area (TPSA) is 20.2 Å². The largest absolute Gasteiger partial charge is 0.417 e. The van der Waals surface area contributed by atoms with Crippen LogP contribution in [-0.4, -0.2) is 24.1 Å². The molecule has 0 amide bonds. The van der Waals surface area contributed by atoms with Gasteiger partial charge in [-0.1, -0.05) is 0 Å². The number of aliphatic hydroxyl groups excluding tert-OH is 1. The molecule has 0 heterocycles. The van der Waals surface area contributed by atoms with Crippen LogP contribution in [-0.2, 0) is 5.67 Å². The highest BCUT2D eigenvalue weighted by molar-refractivity contribution is 5.31. The summed E-state index contributed by atoms with van der Waals surface area (Å²) in [6.07, 6.45) is -10.3. The molecule has 11 heteroatoms. The van der Waals surface area contributed by atoms with Crippen LogP contribution in [0.15, 0.2) is 0 Å². The molecule has 0 aliphatic heterocycles. The van der Waals surface area contributed by atoms with E-state index in [0.717, 1.165) is 0 Å². The van der Waals surface area contributed by atoms with Crippen molar-refractivity contribution < 1.29 is 49.0 Å². The molecule has 0 saturated carbocycles. The molecule has 0 radical (unpaired) electrons. The number of aliphatic hydroxyl groups is 1. The Kier molecular flexibility index (Phi) is 4.47. The zero-order valence-electron chi connectivity index (χ0n) is 9.51. The van der Waals surface area contributed by atoms with Crippen LogP contribution in [0.5, 0.6) is 0 Å². The maximum Gasteiger partial charge on any atom is 0.417 e. The number of hydrogen-bond donors (Lipinski definition) is 1. The average Bonchev–Trinajstić information content (AvgIpc) is 2.41. The van der Waals surface area contributed by atoms with Crippen LogP contribution >= 0.6 is 0 Å². The molecule has 0 aliphatic rings. The lowest BCUT2D eigenvalue weighted by Crippen LogP contribution is -2.48. The van der Waals surface area contributed by atoms with Crippen LogP contribution in [0.4, 0.5) is 43.9 Å². The van der Waals surface area contributed by atoms with Gasteiger partial charge in [0.25, 0.3) is 0 Å². The fraction of sp³-hybridized carbons (Fsp3) is 0.400. The number of benzene rings is 1. The molecule has 1 nitrogen and oxygen atoms in total. The van der Waals surface area contributed by atoms with Crippen LogP contribution < -0.4 is 0 Å². The van der Waals surface area contributed by atoms with Crippen LogP contribution in [0.1, 0.15) is 5.56 Å². The third-order valence-corrected chi connectivity index (χ3v) is 2.56. The van der Waals surface area contributed by atoms with E-state index in [9.17, 15) is 43.9 Å². The van der Waals surface area contributed by atoms with Crippen molar-refractivity contribution in [3.05, 3.63) is 34.6 Å². The van der Waals surface area contributed by atoms with Gasteiger partial charge in [0.15, 0.2) is 29.4 Å². The molecule has 0 bridgehead atoms. The standard InChI is InChI=1S/C10H4F10O/c11-1-9(17,8(21)10(18,19)20)2-3(12)5(14)7(16)6(15)4(2)13/h8,21H,1H2. The van der Waals surface area contributed by atoms with Crippen LogP contribution in [0.25, 0.3) is 0 Å². The predicted molar refractivity (Wildman–Crippen MR) is 47.1 cm³/mol. The minimum atomic E-state index is -5.92. The Balaban J connectivity index is 3.71. The maximum absolute atomic E-state index is 13.9. The highest BCUT2D eigenvalue weighted by atomic mass is 19.4. The van der Waals surface area contributed by atoms with Crippen molar-refractivity contribution in [1.29, 1.82) is 0 Å². The van der Waals surface area contributed by atoms with E-state index in [1.165, 1.54) is 0 Å². The molecule has 0 saturated heterocycles. The lowest BCUT2D eigenvalue weighted by atomic mass is 9.89. The van der Waals surface area contributed by atoms with Gasteiger partial charge < -0.3 is 5.11 Å². The Bertz CT molecular complexity index is 525. The summed E-state index contributed by atoms with van der Waals surface area (Å²) in [6.45, 7) is -2.88. The van der Waals surface area contributed by atoms with Gasteiger partial charge in [-0.3, -0.25) is 0 Å². The highest BCUT2D eigenvalue weighted by Crippen LogP contribution is 2.42. The Morgan fingerprint density at radius 1 is 0.762 bits per heavy atom. The second-order valence-electron chi connectivity index (χ2n) is 3.89. The second-order valence-corrected chi connectivity index (χ2v) is 3.89. The molecule has 21 heavy (non-hydrogen) atoms. The van der Waals surface area contributed by atoms with Gasteiger partial charge in [-0.25, -0.2) is 30.7 Å². The third kappa shape index (κ3) is 2.65. The van der Waals surface area contributed by atoms with E-state index in [1.807, 2.05) is 0 Å². The summed E-state index contributed by atoms with van der Waals surface area (Å²) in [5.41, 5.74) is -7.63. The first-order valence-electron chi connectivity index (χ1n) is 4.91. The van der Waals surface area contributed by atoms with E-state index >= 15 is 0 Å². The van der Waals surface area contributed by atoms with Crippen molar-refractivity contribution in [2.75, 3.05) is 6.67 Å². The molecule has 120 valence electrons. The molecule has 0 fully saturated rings. The summed E-state index contributed by atoms with van der Waals surface area (Å²) in [6, 6.07) is 0. The van der Waals surface area contributed by atoms with Crippen molar-refractivity contribution in [3.8, 4) is 0 Å². The Morgan fingerprint density at radius 3 is 1.38 bits per heavy atom. The summed E-state index contributed by atoms with van der Waals surface area (Å²) in [5.74, 6) is -14.3. The minimum absolute atomic E-state index is 2.73. The van der Waals surface area contributed by atoms with E-state index < -0.39 is 59.3 Å². The maximum atomic E-state index is 13.9. The lowest BCUT2D eigenvalue weighted by molar-refractivity contribution is -0.248. The molecular weight excluding hydrogens is 326 g/mol. The van der Waals surface area contributed by atoms with E-state index in [0.29, 0.717) is 0 Å². The van der Waals surface area contributed by atoms with E-state index in [4.69, 9.17) is 5.11 Å². The van der Waals surface area contributed by atoms with Gasteiger partial charge in [-0.2, -0.15) is 13.2 Å². The molecule has 1 aromatic rings. The van der Waals surface area contributed by atoms with Crippen molar-refractivity contribution in [1.82, 2.24) is 0 Å². The van der Waals surface area contributed by atoms with E-state index in [2.05, 4.69) is 0 Å². The summed E-state index contributed by atoms with van der Waals surface area (Å²) in [4.78, 5) is 0. The first-order chi connectivity index (χ1) is 9.39. The summed E-state index contributed by atoms with van der Waals surface area (Å²) in [5, 5.41) is 8.65. The molecular formula is C10H4F10O.